The second-order valence-corrected chi connectivity index (χ2v) is 7.59. The van der Waals surface area contributed by atoms with E-state index in [0.717, 1.165) is 5.56 Å². The molecule has 1 aromatic heterocycles. The molecule has 0 radical (unpaired) electrons. The summed E-state index contributed by atoms with van der Waals surface area (Å²) in [4.78, 5) is 16.0. The van der Waals surface area contributed by atoms with Crippen molar-refractivity contribution >= 4 is 15.7 Å². The number of aromatic nitrogens is 3. The zero-order valence-corrected chi connectivity index (χ0v) is 12.7. The summed E-state index contributed by atoms with van der Waals surface area (Å²) in [6.07, 6.45) is 3.58. The van der Waals surface area contributed by atoms with Crippen molar-refractivity contribution in [3.63, 3.8) is 0 Å². The lowest BCUT2D eigenvalue weighted by molar-refractivity contribution is 0.0941. The van der Waals surface area contributed by atoms with Gasteiger partial charge in [-0.05, 0) is 24.1 Å². The Bertz CT molecular complexity index is 754. The summed E-state index contributed by atoms with van der Waals surface area (Å²) in [5.74, 6) is -0.0628. The molecule has 1 aliphatic heterocycles. The molecule has 0 saturated carbocycles. The van der Waals surface area contributed by atoms with Crippen LogP contribution in [0.25, 0.3) is 0 Å². The van der Waals surface area contributed by atoms with Crippen LogP contribution in [0.3, 0.4) is 0 Å². The van der Waals surface area contributed by atoms with Gasteiger partial charge in [0.1, 0.15) is 12.7 Å². The van der Waals surface area contributed by atoms with Crippen molar-refractivity contribution in [1.29, 1.82) is 0 Å². The van der Waals surface area contributed by atoms with E-state index in [9.17, 15) is 13.2 Å². The van der Waals surface area contributed by atoms with Gasteiger partial charge in [-0.1, -0.05) is 12.1 Å². The minimum Gasteiger partial charge on any atom is -0.348 e. The standard InChI is InChI=1S/C14H16N4O3S/c19-14(17-13-5-6-22(20,21)8-13)12-3-1-11(2-4-12)7-18-10-15-9-16-18/h1-4,9-10,13H,5-8H2,(H,17,19). The molecule has 22 heavy (non-hydrogen) atoms. The van der Waals surface area contributed by atoms with Crippen LogP contribution in [0, 0.1) is 0 Å². The molecule has 2 aromatic rings. The van der Waals surface area contributed by atoms with Crippen molar-refractivity contribution in [1.82, 2.24) is 20.1 Å². The number of carbonyl (C=O) groups excluding carboxylic acids is 1. The molecule has 1 fully saturated rings. The molecule has 0 aliphatic carbocycles. The van der Waals surface area contributed by atoms with Crippen LogP contribution in [0.1, 0.15) is 22.3 Å². The van der Waals surface area contributed by atoms with E-state index in [-0.39, 0.29) is 23.5 Å². The number of hydrogen-bond donors (Lipinski definition) is 1. The molecule has 7 nitrogen and oxygen atoms in total. The average molecular weight is 320 g/mol. The monoisotopic (exact) mass is 320 g/mol. The largest absolute Gasteiger partial charge is 0.348 e. The lowest BCUT2D eigenvalue weighted by atomic mass is 10.1. The molecule has 3 rings (SSSR count). The number of hydrogen-bond acceptors (Lipinski definition) is 5. The lowest BCUT2D eigenvalue weighted by Crippen LogP contribution is -2.35. The Morgan fingerprint density at radius 3 is 2.68 bits per heavy atom. The van der Waals surface area contributed by atoms with Crippen LogP contribution < -0.4 is 5.32 Å². The number of sulfone groups is 1. The third kappa shape index (κ3) is 3.51. The van der Waals surface area contributed by atoms with Crippen molar-refractivity contribution < 1.29 is 13.2 Å². The Labute approximate surface area is 128 Å². The van der Waals surface area contributed by atoms with Crippen LogP contribution >= 0.6 is 0 Å². The fraction of sp³-hybridized carbons (Fsp3) is 0.357. The van der Waals surface area contributed by atoms with E-state index in [2.05, 4.69) is 15.4 Å². The number of carbonyl (C=O) groups is 1. The molecular formula is C14H16N4O3S. The quantitative estimate of drug-likeness (QED) is 0.871. The van der Waals surface area contributed by atoms with Gasteiger partial charge in [0.25, 0.3) is 5.91 Å². The van der Waals surface area contributed by atoms with Gasteiger partial charge in [-0.25, -0.2) is 18.1 Å². The van der Waals surface area contributed by atoms with Gasteiger partial charge >= 0.3 is 0 Å². The first-order valence-corrected chi connectivity index (χ1v) is 8.77. The Balaban J connectivity index is 1.61. The van der Waals surface area contributed by atoms with Crippen molar-refractivity contribution in [2.45, 2.75) is 19.0 Å². The van der Waals surface area contributed by atoms with E-state index in [4.69, 9.17) is 0 Å². The molecule has 2 heterocycles. The summed E-state index contributed by atoms with van der Waals surface area (Å²) in [5.41, 5.74) is 1.53. The fourth-order valence-corrected chi connectivity index (χ4v) is 4.11. The minimum absolute atomic E-state index is 0.0309. The molecule has 8 heteroatoms. The van der Waals surface area contributed by atoms with Crippen LogP contribution in [0.15, 0.2) is 36.9 Å². The summed E-state index contributed by atoms with van der Waals surface area (Å²) < 4.78 is 24.5. The van der Waals surface area contributed by atoms with E-state index < -0.39 is 9.84 Å². The number of benzene rings is 1. The highest BCUT2D eigenvalue weighted by molar-refractivity contribution is 7.91. The maximum absolute atomic E-state index is 12.1. The molecule has 1 amide bonds. The molecule has 1 unspecified atom stereocenters. The van der Waals surface area contributed by atoms with Gasteiger partial charge in [0.15, 0.2) is 9.84 Å². The lowest BCUT2D eigenvalue weighted by Gasteiger charge is -2.11. The maximum atomic E-state index is 12.1. The van der Waals surface area contributed by atoms with E-state index in [1.165, 1.54) is 6.33 Å². The Kier molecular flexibility index (Phi) is 3.93. The van der Waals surface area contributed by atoms with Crippen molar-refractivity contribution in [2.24, 2.45) is 0 Å². The Morgan fingerprint density at radius 2 is 2.09 bits per heavy atom. The number of rotatable bonds is 4. The predicted molar refractivity (Wildman–Crippen MR) is 80.1 cm³/mol. The molecule has 116 valence electrons. The summed E-state index contributed by atoms with van der Waals surface area (Å²) in [7, 11) is -2.99. The molecule has 1 aromatic carbocycles. The highest BCUT2D eigenvalue weighted by Gasteiger charge is 2.29. The van der Waals surface area contributed by atoms with Crippen molar-refractivity contribution in [3.8, 4) is 0 Å². The highest BCUT2D eigenvalue weighted by atomic mass is 32.2. The molecule has 1 aliphatic rings. The van der Waals surface area contributed by atoms with E-state index in [1.54, 1.807) is 23.1 Å². The van der Waals surface area contributed by atoms with Gasteiger partial charge in [0.05, 0.1) is 18.1 Å². The minimum atomic E-state index is -2.99. The predicted octanol–water partition coefficient (Wildman–Crippen LogP) is 0.243. The maximum Gasteiger partial charge on any atom is 0.251 e. The molecule has 0 bridgehead atoms. The van der Waals surface area contributed by atoms with Gasteiger partial charge in [-0.15, -0.1) is 0 Å². The highest BCUT2D eigenvalue weighted by Crippen LogP contribution is 2.12. The number of amides is 1. The van der Waals surface area contributed by atoms with Crippen LogP contribution in [0.4, 0.5) is 0 Å². The van der Waals surface area contributed by atoms with Gasteiger partial charge < -0.3 is 5.32 Å². The molecule has 1 saturated heterocycles. The van der Waals surface area contributed by atoms with Gasteiger partial charge in [-0.2, -0.15) is 5.10 Å². The molecular weight excluding hydrogens is 304 g/mol. The second kappa shape index (κ2) is 5.88. The first-order chi connectivity index (χ1) is 10.5. The topological polar surface area (TPSA) is 94.0 Å². The molecule has 0 spiro atoms. The smallest absolute Gasteiger partial charge is 0.251 e. The zero-order valence-electron chi connectivity index (χ0n) is 11.8. The summed E-state index contributed by atoms with van der Waals surface area (Å²) in [6, 6.07) is 6.87. The van der Waals surface area contributed by atoms with Crippen LogP contribution in [0.2, 0.25) is 0 Å². The van der Waals surface area contributed by atoms with Gasteiger partial charge in [0, 0.05) is 11.6 Å². The zero-order chi connectivity index (χ0) is 15.6. The first kappa shape index (κ1) is 14.7. The van der Waals surface area contributed by atoms with Crippen molar-refractivity contribution in [3.05, 3.63) is 48.0 Å². The van der Waals surface area contributed by atoms with Gasteiger partial charge in [0.2, 0.25) is 0 Å². The number of nitrogens with one attached hydrogen (secondary N) is 1. The second-order valence-electron chi connectivity index (χ2n) is 5.36. The third-order valence-electron chi connectivity index (χ3n) is 3.59. The molecule has 1 N–H and O–H groups in total. The van der Waals surface area contributed by atoms with Gasteiger partial charge in [-0.3, -0.25) is 4.79 Å². The van der Waals surface area contributed by atoms with E-state index >= 15 is 0 Å². The fourth-order valence-electron chi connectivity index (χ4n) is 2.44. The Morgan fingerprint density at radius 1 is 1.32 bits per heavy atom. The average Bonchev–Trinajstić information content (AvgIpc) is 3.09. The first-order valence-electron chi connectivity index (χ1n) is 6.94. The van der Waals surface area contributed by atoms with E-state index in [0.29, 0.717) is 18.5 Å². The number of nitrogens with zero attached hydrogens (tertiary/aromatic N) is 3. The van der Waals surface area contributed by atoms with Crippen molar-refractivity contribution in [2.75, 3.05) is 11.5 Å². The third-order valence-corrected chi connectivity index (χ3v) is 5.36. The normalized spacial score (nSPS) is 19.9. The Hall–Kier alpha value is -2.22. The van der Waals surface area contributed by atoms with Crippen LogP contribution in [-0.4, -0.2) is 46.6 Å². The van der Waals surface area contributed by atoms with Crippen LogP contribution in [0.5, 0.6) is 0 Å². The summed E-state index contributed by atoms with van der Waals surface area (Å²) in [5, 5.41) is 6.79. The van der Waals surface area contributed by atoms with E-state index in [1.807, 2.05) is 12.1 Å². The summed E-state index contributed by atoms with van der Waals surface area (Å²) in [6.45, 7) is 0.586. The summed E-state index contributed by atoms with van der Waals surface area (Å²) >= 11 is 0. The molecule has 1 atom stereocenters. The van der Waals surface area contributed by atoms with Crippen LogP contribution in [-0.2, 0) is 16.4 Å². The SMILES string of the molecule is O=C(NC1CCS(=O)(=O)C1)c1ccc(Cn2cncn2)cc1.